The van der Waals surface area contributed by atoms with E-state index in [1.807, 2.05) is 6.07 Å². The van der Waals surface area contributed by atoms with E-state index >= 15 is 0 Å². The summed E-state index contributed by atoms with van der Waals surface area (Å²) in [5, 5.41) is 2.77. The molecule has 0 unspecified atom stereocenters. The monoisotopic (exact) mass is 295 g/mol. The van der Waals surface area contributed by atoms with Gasteiger partial charge in [0.2, 0.25) is 0 Å². The molecule has 2 rings (SSSR count). The van der Waals surface area contributed by atoms with E-state index in [4.69, 9.17) is 17.3 Å². The molecule has 0 fully saturated rings. The summed E-state index contributed by atoms with van der Waals surface area (Å²) in [5.74, 6) is 0.513. The van der Waals surface area contributed by atoms with E-state index in [9.17, 15) is 0 Å². The number of pyridine rings is 1. The third-order valence-electron chi connectivity index (χ3n) is 2.96. The summed E-state index contributed by atoms with van der Waals surface area (Å²) in [5.41, 5.74) is 6.57. The van der Waals surface area contributed by atoms with Gasteiger partial charge >= 0.3 is 0 Å². The lowest BCUT2D eigenvalue weighted by Gasteiger charge is -2.26. The van der Waals surface area contributed by atoms with Gasteiger partial charge < -0.3 is 5.73 Å². The van der Waals surface area contributed by atoms with Crippen LogP contribution in [0, 0.1) is 0 Å². The fraction of sp³-hybridized carbons (Fsp3) is 0.357. The molecule has 0 aliphatic carbocycles. The van der Waals surface area contributed by atoms with Crippen molar-refractivity contribution in [1.29, 1.82) is 0 Å². The Morgan fingerprint density at radius 1 is 1.32 bits per heavy atom. The first kappa shape index (κ1) is 14.3. The molecule has 2 N–H and O–H groups in total. The molecular formula is C14H18ClN3S. The van der Waals surface area contributed by atoms with Crippen LogP contribution in [0.25, 0.3) is 0 Å². The third-order valence-corrected chi connectivity index (χ3v) is 4.17. The second kappa shape index (κ2) is 6.37. The van der Waals surface area contributed by atoms with E-state index in [1.165, 1.54) is 4.88 Å². The van der Waals surface area contributed by atoms with E-state index in [0.717, 1.165) is 12.2 Å². The van der Waals surface area contributed by atoms with Gasteiger partial charge in [0.1, 0.15) is 5.82 Å². The predicted octanol–water partition coefficient (Wildman–Crippen LogP) is 3.79. The number of aromatic nitrogens is 1. The number of hydrogen-bond donors (Lipinski definition) is 1. The standard InChI is InChI=1S/C14H18ClN3S/c1-10(2)18(8-11-4-3-7-19-11)9-13-12(15)5-6-14(16)17-13/h3-7,10H,8-9H2,1-2H3,(H2,16,17). The third kappa shape index (κ3) is 3.93. The largest absolute Gasteiger partial charge is 0.384 e. The average Bonchev–Trinajstić information content (AvgIpc) is 2.85. The van der Waals surface area contributed by atoms with E-state index in [2.05, 4.69) is 41.2 Å². The second-order valence-corrected chi connectivity index (χ2v) is 6.18. The molecule has 19 heavy (non-hydrogen) atoms. The Labute approximate surface area is 123 Å². The number of thiophene rings is 1. The Balaban J connectivity index is 2.14. The smallest absolute Gasteiger partial charge is 0.123 e. The molecule has 0 amide bonds. The highest BCUT2D eigenvalue weighted by atomic mass is 35.5. The van der Waals surface area contributed by atoms with Gasteiger partial charge in [0.25, 0.3) is 0 Å². The molecule has 0 aliphatic heterocycles. The molecule has 5 heteroatoms. The van der Waals surface area contributed by atoms with E-state index in [1.54, 1.807) is 17.4 Å². The van der Waals surface area contributed by atoms with Gasteiger partial charge in [-0.15, -0.1) is 11.3 Å². The number of nitrogens with zero attached hydrogens (tertiary/aromatic N) is 2. The second-order valence-electron chi connectivity index (χ2n) is 4.74. The zero-order valence-electron chi connectivity index (χ0n) is 11.1. The molecule has 0 radical (unpaired) electrons. The molecule has 2 heterocycles. The quantitative estimate of drug-likeness (QED) is 0.912. The van der Waals surface area contributed by atoms with E-state index < -0.39 is 0 Å². The minimum Gasteiger partial charge on any atom is -0.384 e. The molecule has 3 nitrogen and oxygen atoms in total. The summed E-state index contributed by atoms with van der Waals surface area (Å²) in [7, 11) is 0. The molecule has 0 bridgehead atoms. The Morgan fingerprint density at radius 2 is 2.11 bits per heavy atom. The maximum absolute atomic E-state index is 6.18. The van der Waals surface area contributed by atoms with Crippen LogP contribution in [-0.4, -0.2) is 15.9 Å². The molecule has 0 saturated carbocycles. The topological polar surface area (TPSA) is 42.2 Å². The van der Waals surface area contributed by atoms with Crippen molar-refractivity contribution in [3.63, 3.8) is 0 Å². The predicted molar refractivity (Wildman–Crippen MR) is 82.4 cm³/mol. The van der Waals surface area contributed by atoms with Crippen LogP contribution < -0.4 is 5.73 Å². The molecule has 0 aliphatic rings. The van der Waals surface area contributed by atoms with Crippen LogP contribution >= 0.6 is 22.9 Å². The summed E-state index contributed by atoms with van der Waals surface area (Å²) in [6.45, 7) is 5.96. The van der Waals surface area contributed by atoms with Crippen LogP contribution in [0.4, 0.5) is 5.82 Å². The highest BCUT2D eigenvalue weighted by Crippen LogP contribution is 2.21. The van der Waals surface area contributed by atoms with Gasteiger partial charge in [-0.3, -0.25) is 4.90 Å². The van der Waals surface area contributed by atoms with E-state index in [-0.39, 0.29) is 0 Å². The van der Waals surface area contributed by atoms with Crippen LogP contribution in [0.2, 0.25) is 5.02 Å². The highest BCUT2D eigenvalue weighted by Gasteiger charge is 2.14. The molecule has 0 aromatic carbocycles. The van der Waals surface area contributed by atoms with Crippen molar-refractivity contribution in [2.75, 3.05) is 5.73 Å². The van der Waals surface area contributed by atoms with Gasteiger partial charge in [0, 0.05) is 24.0 Å². The molecule has 2 aromatic heterocycles. The fourth-order valence-corrected chi connectivity index (χ4v) is 2.72. The zero-order chi connectivity index (χ0) is 13.8. The van der Waals surface area contributed by atoms with Crippen LogP contribution in [0.3, 0.4) is 0 Å². The van der Waals surface area contributed by atoms with Crippen LogP contribution in [0.5, 0.6) is 0 Å². The summed E-state index contributed by atoms with van der Waals surface area (Å²) in [6, 6.07) is 8.17. The first-order valence-corrected chi connectivity index (χ1v) is 7.49. The minimum atomic E-state index is 0.418. The lowest BCUT2D eigenvalue weighted by molar-refractivity contribution is 0.203. The van der Waals surface area contributed by atoms with Crippen molar-refractivity contribution in [2.45, 2.75) is 33.0 Å². The average molecular weight is 296 g/mol. The summed E-state index contributed by atoms with van der Waals surface area (Å²) < 4.78 is 0. The first-order chi connectivity index (χ1) is 9.06. The SMILES string of the molecule is CC(C)N(Cc1cccs1)Cc1nc(N)ccc1Cl. The number of nitrogen functional groups attached to an aromatic ring is 1. The number of rotatable bonds is 5. The lowest BCUT2D eigenvalue weighted by Crippen LogP contribution is -2.30. The van der Waals surface area contributed by atoms with Crippen molar-refractivity contribution in [3.05, 3.63) is 45.2 Å². The van der Waals surface area contributed by atoms with Crippen LogP contribution in [0.15, 0.2) is 29.6 Å². The van der Waals surface area contributed by atoms with Gasteiger partial charge in [0.15, 0.2) is 0 Å². The number of anilines is 1. The summed E-state index contributed by atoms with van der Waals surface area (Å²) in [6.07, 6.45) is 0. The van der Waals surface area contributed by atoms with Crippen molar-refractivity contribution < 1.29 is 0 Å². The first-order valence-electron chi connectivity index (χ1n) is 6.23. The molecule has 2 aromatic rings. The van der Waals surface area contributed by atoms with Gasteiger partial charge in [-0.2, -0.15) is 0 Å². The van der Waals surface area contributed by atoms with Crippen molar-refractivity contribution >= 4 is 28.8 Å². The normalized spacial score (nSPS) is 11.4. The van der Waals surface area contributed by atoms with Crippen molar-refractivity contribution in [1.82, 2.24) is 9.88 Å². The Hall–Kier alpha value is -1.10. The van der Waals surface area contributed by atoms with Crippen molar-refractivity contribution in [2.24, 2.45) is 0 Å². The highest BCUT2D eigenvalue weighted by molar-refractivity contribution is 7.09. The lowest BCUT2D eigenvalue weighted by atomic mass is 10.2. The Bertz CT molecular complexity index is 525. The van der Waals surface area contributed by atoms with Crippen LogP contribution in [-0.2, 0) is 13.1 Å². The molecule has 0 atom stereocenters. The molecular weight excluding hydrogens is 278 g/mol. The maximum Gasteiger partial charge on any atom is 0.123 e. The Morgan fingerprint density at radius 3 is 2.74 bits per heavy atom. The number of nitrogens with two attached hydrogens (primary N) is 1. The Kier molecular flexibility index (Phi) is 4.80. The van der Waals surface area contributed by atoms with Gasteiger partial charge in [-0.25, -0.2) is 4.98 Å². The molecule has 0 spiro atoms. The number of halogens is 1. The number of hydrogen-bond acceptors (Lipinski definition) is 4. The van der Waals surface area contributed by atoms with Gasteiger partial charge in [-0.1, -0.05) is 17.7 Å². The maximum atomic E-state index is 6.18. The zero-order valence-corrected chi connectivity index (χ0v) is 12.7. The van der Waals surface area contributed by atoms with Crippen molar-refractivity contribution in [3.8, 4) is 0 Å². The minimum absolute atomic E-state index is 0.418. The van der Waals surface area contributed by atoms with Gasteiger partial charge in [-0.05, 0) is 37.4 Å². The fourth-order valence-electron chi connectivity index (χ4n) is 1.83. The van der Waals surface area contributed by atoms with Crippen LogP contribution in [0.1, 0.15) is 24.4 Å². The molecule has 102 valence electrons. The summed E-state index contributed by atoms with van der Waals surface area (Å²) in [4.78, 5) is 8.01. The molecule has 0 saturated heterocycles. The van der Waals surface area contributed by atoms with Gasteiger partial charge in [0.05, 0.1) is 10.7 Å². The van der Waals surface area contributed by atoms with E-state index in [0.29, 0.717) is 23.4 Å². The summed E-state index contributed by atoms with van der Waals surface area (Å²) >= 11 is 7.95.